The Hall–Kier alpha value is -4.88. The minimum absolute atomic E-state index is 0.0955. The monoisotopic (exact) mass is 476 g/mol. The summed E-state index contributed by atoms with van der Waals surface area (Å²) in [7, 11) is 0. The molecule has 3 heterocycles. The summed E-state index contributed by atoms with van der Waals surface area (Å²) in [5, 5.41) is 2.08. The van der Waals surface area contributed by atoms with Crippen LogP contribution in [0.5, 0.6) is 0 Å². The number of hydrogen-bond acceptors (Lipinski definition) is 2. The molecular formula is C33H24N4. The topological polar surface area (TPSA) is 25.4 Å². The second kappa shape index (κ2) is 7.81. The summed E-state index contributed by atoms with van der Waals surface area (Å²) in [5.41, 5.74) is 9.89. The van der Waals surface area contributed by atoms with Crippen molar-refractivity contribution in [1.29, 1.82) is 0 Å². The first-order chi connectivity index (χ1) is 18.1. The van der Waals surface area contributed by atoms with Crippen LogP contribution < -0.4 is 4.90 Å². The van der Waals surface area contributed by atoms with Gasteiger partial charge in [0.25, 0.3) is 0 Å². The quantitative estimate of drug-likeness (QED) is 0.233. The summed E-state index contributed by atoms with van der Waals surface area (Å²) in [6.07, 6.45) is 3.72. The molecule has 0 unspecified atom stereocenters. The minimum Gasteiger partial charge on any atom is -0.310 e. The van der Waals surface area contributed by atoms with Crippen LogP contribution in [0.3, 0.4) is 0 Å². The Kier molecular flexibility index (Phi) is 4.52. The van der Waals surface area contributed by atoms with E-state index in [2.05, 4.69) is 106 Å². The number of fused-ring (bicyclic) bond motifs is 5. The molecule has 0 aliphatic carbocycles. The van der Waals surface area contributed by atoms with E-state index in [1.54, 1.807) is 0 Å². The van der Waals surface area contributed by atoms with Crippen molar-refractivity contribution in [1.82, 2.24) is 9.55 Å². The number of pyridine rings is 1. The van der Waals surface area contributed by atoms with Gasteiger partial charge in [0.15, 0.2) is 5.69 Å². The highest BCUT2D eigenvalue weighted by molar-refractivity contribution is 6.10. The summed E-state index contributed by atoms with van der Waals surface area (Å²) < 4.78 is 2.27. The van der Waals surface area contributed by atoms with Gasteiger partial charge in [-0.3, -0.25) is 4.98 Å². The van der Waals surface area contributed by atoms with E-state index < -0.39 is 0 Å². The molecule has 0 fully saturated rings. The molecule has 176 valence electrons. The first kappa shape index (κ1) is 21.4. The van der Waals surface area contributed by atoms with Gasteiger partial charge in [0, 0.05) is 34.6 Å². The average molecular weight is 477 g/mol. The van der Waals surface area contributed by atoms with Crippen LogP contribution in [0, 0.1) is 6.57 Å². The van der Waals surface area contributed by atoms with E-state index in [4.69, 9.17) is 6.57 Å². The molecule has 0 amide bonds. The Morgan fingerprint density at radius 1 is 0.703 bits per heavy atom. The highest BCUT2D eigenvalue weighted by atomic mass is 15.2. The summed E-state index contributed by atoms with van der Waals surface area (Å²) in [5.74, 6) is 0. The first-order valence-corrected chi connectivity index (χ1v) is 12.4. The van der Waals surface area contributed by atoms with Crippen LogP contribution in [-0.4, -0.2) is 9.55 Å². The Morgan fingerprint density at radius 3 is 2.11 bits per heavy atom. The van der Waals surface area contributed by atoms with E-state index in [0.717, 1.165) is 33.2 Å². The van der Waals surface area contributed by atoms with Crippen molar-refractivity contribution in [3.8, 4) is 5.69 Å². The van der Waals surface area contributed by atoms with Gasteiger partial charge in [0.2, 0.25) is 0 Å². The van der Waals surface area contributed by atoms with Gasteiger partial charge in [-0.2, -0.15) is 0 Å². The van der Waals surface area contributed by atoms with Gasteiger partial charge in [-0.25, -0.2) is 4.85 Å². The molecule has 37 heavy (non-hydrogen) atoms. The fourth-order valence-electron chi connectivity index (χ4n) is 5.92. The summed E-state index contributed by atoms with van der Waals surface area (Å²) in [6.45, 7) is 12.1. The van der Waals surface area contributed by atoms with Crippen LogP contribution >= 0.6 is 0 Å². The van der Waals surface area contributed by atoms with Gasteiger partial charge < -0.3 is 9.47 Å². The lowest BCUT2D eigenvalue weighted by molar-refractivity contribution is 0.632. The van der Waals surface area contributed by atoms with Gasteiger partial charge >= 0.3 is 0 Å². The van der Waals surface area contributed by atoms with Gasteiger partial charge in [0.1, 0.15) is 0 Å². The molecule has 4 nitrogen and oxygen atoms in total. The Bertz CT molecular complexity index is 1840. The predicted octanol–water partition coefficient (Wildman–Crippen LogP) is 8.84. The maximum absolute atomic E-state index is 7.48. The van der Waals surface area contributed by atoms with E-state index in [-0.39, 0.29) is 5.41 Å². The standard InChI is InChI=1S/C33H24N4/c1-33(2)27-11-4-6-13-31(27)37(32-14-7-5-12-28(32)33)24-10-8-9-23(20-24)36-29-16-15-22(34-3)19-25(29)26-21-35-18-17-30(26)36/h4-21H,1-2H3. The largest absolute Gasteiger partial charge is 0.310 e. The van der Waals surface area contributed by atoms with Crippen molar-refractivity contribution in [2.24, 2.45) is 0 Å². The van der Waals surface area contributed by atoms with Crippen LogP contribution in [0.1, 0.15) is 25.0 Å². The SMILES string of the molecule is [C-]#[N+]c1ccc2c(c1)c1cnccc1n2-c1cccc(N2c3ccccc3C(C)(C)c3ccccc32)c1. The number of hydrogen-bond donors (Lipinski definition) is 0. The summed E-state index contributed by atoms with van der Waals surface area (Å²) >= 11 is 0. The lowest BCUT2D eigenvalue weighted by Crippen LogP contribution is -2.30. The number of aromatic nitrogens is 2. The molecule has 7 rings (SSSR count). The molecule has 4 heteroatoms. The fourth-order valence-corrected chi connectivity index (χ4v) is 5.92. The third-order valence-electron chi connectivity index (χ3n) is 7.66. The maximum atomic E-state index is 7.48. The van der Waals surface area contributed by atoms with Crippen molar-refractivity contribution >= 4 is 44.6 Å². The van der Waals surface area contributed by atoms with Gasteiger partial charge in [0.05, 0.1) is 29.0 Å². The zero-order chi connectivity index (χ0) is 25.1. The van der Waals surface area contributed by atoms with Crippen LogP contribution in [0.15, 0.2) is 109 Å². The molecule has 2 aromatic heterocycles. The molecular weight excluding hydrogens is 452 g/mol. The van der Waals surface area contributed by atoms with E-state index >= 15 is 0 Å². The van der Waals surface area contributed by atoms with E-state index in [1.807, 2.05) is 36.7 Å². The van der Waals surface area contributed by atoms with Crippen molar-refractivity contribution in [3.05, 3.63) is 132 Å². The van der Waals surface area contributed by atoms with E-state index in [1.165, 1.54) is 22.5 Å². The van der Waals surface area contributed by atoms with Crippen molar-refractivity contribution in [2.45, 2.75) is 19.3 Å². The number of rotatable bonds is 2. The Labute approximate surface area is 215 Å². The smallest absolute Gasteiger partial charge is 0.188 e. The molecule has 0 spiro atoms. The maximum Gasteiger partial charge on any atom is 0.188 e. The summed E-state index contributed by atoms with van der Waals surface area (Å²) in [4.78, 5) is 10.4. The van der Waals surface area contributed by atoms with Gasteiger partial charge in [-0.15, -0.1) is 0 Å². The molecule has 0 saturated carbocycles. The van der Waals surface area contributed by atoms with Crippen molar-refractivity contribution in [2.75, 3.05) is 4.90 Å². The van der Waals surface area contributed by atoms with Gasteiger partial charge in [-0.05, 0) is 65.0 Å². The predicted molar refractivity (Wildman–Crippen MR) is 152 cm³/mol. The molecule has 6 aromatic rings. The number of anilines is 3. The Morgan fingerprint density at radius 2 is 1.38 bits per heavy atom. The fraction of sp³-hybridized carbons (Fsp3) is 0.0909. The van der Waals surface area contributed by atoms with Crippen molar-refractivity contribution in [3.63, 3.8) is 0 Å². The number of nitrogens with zero attached hydrogens (tertiary/aromatic N) is 4. The zero-order valence-corrected chi connectivity index (χ0v) is 20.7. The second-order valence-electron chi connectivity index (χ2n) is 10.1. The normalized spacial score (nSPS) is 13.8. The van der Waals surface area contributed by atoms with Crippen LogP contribution in [0.4, 0.5) is 22.7 Å². The lowest BCUT2D eigenvalue weighted by Gasteiger charge is -2.42. The van der Waals surface area contributed by atoms with Crippen LogP contribution in [0.25, 0.3) is 32.3 Å². The lowest BCUT2D eigenvalue weighted by atomic mass is 9.73. The van der Waals surface area contributed by atoms with Crippen molar-refractivity contribution < 1.29 is 0 Å². The summed E-state index contributed by atoms with van der Waals surface area (Å²) in [6, 6.07) is 34.1. The van der Waals surface area contributed by atoms with Crippen LogP contribution in [0.2, 0.25) is 0 Å². The van der Waals surface area contributed by atoms with Gasteiger partial charge in [-0.1, -0.05) is 62.4 Å². The highest BCUT2D eigenvalue weighted by Gasteiger charge is 2.36. The number of para-hydroxylation sites is 2. The molecule has 0 N–H and O–H groups in total. The van der Waals surface area contributed by atoms with E-state index in [0.29, 0.717) is 5.69 Å². The molecule has 0 radical (unpaired) electrons. The van der Waals surface area contributed by atoms with Crippen LogP contribution in [-0.2, 0) is 5.41 Å². The molecule has 4 aromatic carbocycles. The molecule has 0 saturated heterocycles. The minimum atomic E-state index is -0.0955. The second-order valence-corrected chi connectivity index (χ2v) is 10.1. The highest BCUT2D eigenvalue weighted by Crippen LogP contribution is 2.51. The van der Waals surface area contributed by atoms with E-state index in [9.17, 15) is 0 Å². The number of benzene rings is 4. The Balaban J connectivity index is 1.49. The molecule has 0 bridgehead atoms. The molecule has 0 atom stereocenters. The first-order valence-electron chi connectivity index (χ1n) is 12.4. The third-order valence-corrected chi connectivity index (χ3v) is 7.66. The molecule has 1 aliphatic heterocycles. The third kappa shape index (κ3) is 3.04. The molecule has 1 aliphatic rings. The average Bonchev–Trinajstić information content (AvgIpc) is 3.27. The zero-order valence-electron chi connectivity index (χ0n) is 20.7.